The number of aliphatic carboxylic acids is 1. The van der Waals surface area contributed by atoms with E-state index < -0.39 is 5.97 Å². The number of benzene rings is 1. The van der Waals surface area contributed by atoms with Gasteiger partial charge >= 0.3 is 5.97 Å². The molecule has 0 saturated carbocycles. The number of nitriles is 1. The highest BCUT2D eigenvalue weighted by atomic mass is 16.4. The van der Waals surface area contributed by atoms with Crippen LogP contribution in [0.1, 0.15) is 11.1 Å². The Labute approximate surface area is 81.9 Å². The summed E-state index contributed by atoms with van der Waals surface area (Å²) in [7, 11) is 0. The van der Waals surface area contributed by atoms with E-state index in [2.05, 4.69) is 0 Å². The van der Waals surface area contributed by atoms with Gasteiger partial charge in [-0.2, -0.15) is 5.26 Å². The van der Waals surface area contributed by atoms with Gasteiger partial charge in [0.05, 0.1) is 5.57 Å². The molecule has 14 heavy (non-hydrogen) atoms. The fraction of sp³-hybridized carbons (Fsp3) is 0.0909. The van der Waals surface area contributed by atoms with Gasteiger partial charge in [-0.3, -0.25) is 0 Å². The Morgan fingerprint density at radius 3 is 2.79 bits per heavy atom. The molecule has 3 nitrogen and oxygen atoms in total. The maximum absolute atomic E-state index is 10.4. The number of aryl methyl sites for hydroxylation is 1. The first-order valence-corrected chi connectivity index (χ1v) is 4.05. The Kier molecular flexibility index (Phi) is 3.03. The molecule has 0 aromatic heterocycles. The molecule has 0 atom stereocenters. The van der Waals surface area contributed by atoms with E-state index in [4.69, 9.17) is 10.4 Å². The van der Waals surface area contributed by atoms with E-state index >= 15 is 0 Å². The number of allylic oxidation sites excluding steroid dienone is 1. The zero-order valence-electron chi connectivity index (χ0n) is 7.69. The van der Waals surface area contributed by atoms with Crippen molar-refractivity contribution in [3.8, 4) is 6.07 Å². The standard InChI is InChI=1S/C11H9NO2/c1-8-3-2-4-9(5-8)10(7-12)6-11(13)14/h2-6H,1H3,(H,13,14)/b10-6-. The quantitative estimate of drug-likeness (QED) is 0.568. The minimum atomic E-state index is -1.11. The lowest BCUT2D eigenvalue weighted by Gasteiger charge is -1.98. The summed E-state index contributed by atoms with van der Waals surface area (Å²) in [6, 6.07) is 9.02. The number of carboxylic acids is 1. The molecule has 0 aliphatic rings. The number of carbonyl (C=O) groups is 1. The van der Waals surface area contributed by atoms with Crippen LogP contribution in [0.25, 0.3) is 5.57 Å². The van der Waals surface area contributed by atoms with Crippen molar-refractivity contribution >= 4 is 11.5 Å². The van der Waals surface area contributed by atoms with Gasteiger partial charge in [-0.1, -0.05) is 29.8 Å². The van der Waals surface area contributed by atoms with Crippen LogP contribution in [0, 0.1) is 18.3 Å². The summed E-state index contributed by atoms with van der Waals surface area (Å²) in [5.74, 6) is -1.11. The molecule has 0 spiro atoms. The third-order valence-electron chi connectivity index (χ3n) is 1.72. The summed E-state index contributed by atoms with van der Waals surface area (Å²) in [6.07, 6.45) is 0.911. The summed E-state index contributed by atoms with van der Waals surface area (Å²) in [4.78, 5) is 10.4. The monoisotopic (exact) mass is 187 g/mol. The Morgan fingerprint density at radius 1 is 1.57 bits per heavy atom. The summed E-state index contributed by atoms with van der Waals surface area (Å²) >= 11 is 0. The van der Waals surface area contributed by atoms with E-state index in [9.17, 15) is 4.79 Å². The van der Waals surface area contributed by atoms with Crippen LogP contribution in [0.2, 0.25) is 0 Å². The molecule has 0 heterocycles. The molecule has 70 valence electrons. The molecule has 0 radical (unpaired) electrons. The zero-order valence-corrected chi connectivity index (χ0v) is 7.69. The van der Waals surface area contributed by atoms with Crippen LogP contribution in [0.5, 0.6) is 0 Å². The summed E-state index contributed by atoms with van der Waals surface area (Å²) in [5, 5.41) is 17.3. The molecular formula is C11H9NO2. The first-order valence-electron chi connectivity index (χ1n) is 4.05. The summed E-state index contributed by atoms with van der Waals surface area (Å²) < 4.78 is 0. The van der Waals surface area contributed by atoms with E-state index in [1.165, 1.54) is 0 Å². The molecule has 0 saturated heterocycles. The molecule has 3 heteroatoms. The second-order valence-electron chi connectivity index (χ2n) is 2.88. The fourth-order valence-electron chi connectivity index (χ4n) is 1.12. The van der Waals surface area contributed by atoms with Crippen molar-refractivity contribution in [2.75, 3.05) is 0 Å². The van der Waals surface area contributed by atoms with Gasteiger partial charge in [0.15, 0.2) is 0 Å². The molecule has 0 aliphatic carbocycles. The molecular weight excluding hydrogens is 178 g/mol. The van der Waals surface area contributed by atoms with Gasteiger partial charge in [-0.25, -0.2) is 4.79 Å². The molecule has 0 aliphatic heterocycles. The smallest absolute Gasteiger partial charge is 0.329 e. The predicted octanol–water partition coefficient (Wildman–Crippen LogP) is 1.99. The normalized spacial score (nSPS) is 10.7. The molecule has 1 aromatic rings. The topological polar surface area (TPSA) is 61.1 Å². The summed E-state index contributed by atoms with van der Waals surface area (Å²) in [5.41, 5.74) is 1.80. The first kappa shape index (κ1) is 10.0. The Balaban J connectivity index is 3.15. The van der Waals surface area contributed by atoms with Crippen molar-refractivity contribution in [1.29, 1.82) is 5.26 Å². The highest BCUT2D eigenvalue weighted by Gasteiger charge is 2.02. The van der Waals surface area contributed by atoms with Gasteiger partial charge < -0.3 is 5.11 Å². The highest BCUT2D eigenvalue weighted by Crippen LogP contribution is 2.14. The van der Waals surface area contributed by atoms with Crippen molar-refractivity contribution in [2.45, 2.75) is 6.92 Å². The average Bonchev–Trinajstić information content (AvgIpc) is 2.14. The van der Waals surface area contributed by atoms with Gasteiger partial charge in [-0.15, -0.1) is 0 Å². The zero-order chi connectivity index (χ0) is 10.6. The van der Waals surface area contributed by atoms with E-state index in [-0.39, 0.29) is 5.57 Å². The molecule has 1 rings (SSSR count). The average molecular weight is 187 g/mol. The van der Waals surface area contributed by atoms with Crippen molar-refractivity contribution in [3.05, 3.63) is 41.5 Å². The van der Waals surface area contributed by atoms with Crippen LogP contribution >= 0.6 is 0 Å². The number of rotatable bonds is 2. The minimum absolute atomic E-state index is 0.168. The van der Waals surface area contributed by atoms with E-state index in [0.717, 1.165) is 11.6 Å². The van der Waals surface area contributed by atoms with Crippen LogP contribution in [0.15, 0.2) is 30.3 Å². The Hall–Kier alpha value is -2.08. The van der Waals surface area contributed by atoms with Crippen LogP contribution in [-0.4, -0.2) is 11.1 Å². The number of carboxylic acid groups (broad SMARTS) is 1. The van der Waals surface area contributed by atoms with Gasteiger partial charge in [0.2, 0.25) is 0 Å². The molecule has 1 aromatic carbocycles. The van der Waals surface area contributed by atoms with Gasteiger partial charge in [0.1, 0.15) is 6.07 Å². The second-order valence-corrected chi connectivity index (χ2v) is 2.88. The molecule has 0 amide bonds. The number of nitrogens with zero attached hydrogens (tertiary/aromatic N) is 1. The lowest BCUT2D eigenvalue weighted by molar-refractivity contribution is -0.131. The van der Waals surface area contributed by atoms with Gasteiger partial charge in [-0.05, 0) is 12.5 Å². The van der Waals surface area contributed by atoms with Crippen LogP contribution < -0.4 is 0 Å². The van der Waals surface area contributed by atoms with E-state index in [1.54, 1.807) is 18.2 Å². The SMILES string of the molecule is Cc1cccc(/C(C#N)=C\C(=O)O)c1. The van der Waals surface area contributed by atoms with Crippen molar-refractivity contribution in [2.24, 2.45) is 0 Å². The fourth-order valence-corrected chi connectivity index (χ4v) is 1.12. The predicted molar refractivity (Wildman–Crippen MR) is 52.4 cm³/mol. The number of hydrogen-bond donors (Lipinski definition) is 1. The lowest BCUT2D eigenvalue weighted by Crippen LogP contribution is -1.91. The third kappa shape index (κ3) is 2.46. The molecule has 0 bridgehead atoms. The van der Waals surface area contributed by atoms with Crippen LogP contribution in [-0.2, 0) is 4.79 Å². The first-order chi connectivity index (χ1) is 6.63. The van der Waals surface area contributed by atoms with Crippen molar-refractivity contribution in [1.82, 2.24) is 0 Å². The number of hydrogen-bond acceptors (Lipinski definition) is 2. The maximum Gasteiger partial charge on any atom is 0.329 e. The lowest BCUT2D eigenvalue weighted by atomic mass is 10.0. The molecule has 0 fully saturated rings. The van der Waals surface area contributed by atoms with E-state index in [1.807, 2.05) is 19.1 Å². The van der Waals surface area contributed by atoms with Crippen LogP contribution in [0.4, 0.5) is 0 Å². The van der Waals surface area contributed by atoms with Crippen molar-refractivity contribution in [3.63, 3.8) is 0 Å². The third-order valence-corrected chi connectivity index (χ3v) is 1.72. The Morgan fingerprint density at radius 2 is 2.29 bits per heavy atom. The van der Waals surface area contributed by atoms with Gasteiger partial charge in [0, 0.05) is 6.08 Å². The largest absolute Gasteiger partial charge is 0.478 e. The highest BCUT2D eigenvalue weighted by molar-refractivity contribution is 5.94. The minimum Gasteiger partial charge on any atom is -0.478 e. The van der Waals surface area contributed by atoms with E-state index in [0.29, 0.717) is 5.56 Å². The molecule has 0 unspecified atom stereocenters. The summed E-state index contributed by atoms with van der Waals surface area (Å²) in [6.45, 7) is 1.89. The van der Waals surface area contributed by atoms with Crippen LogP contribution in [0.3, 0.4) is 0 Å². The Bertz CT molecular complexity index is 427. The van der Waals surface area contributed by atoms with Gasteiger partial charge in [0.25, 0.3) is 0 Å². The second kappa shape index (κ2) is 4.24. The molecule has 1 N–H and O–H groups in total. The van der Waals surface area contributed by atoms with Crippen molar-refractivity contribution < 1.29 is 9.90 Å². The maximum atomic E-state index is 10.4.